The molecule has 0 aromatic rings. The molecule has 0 amide bonds. The monoisotopic (exact) mass is 684 g/mol. The third kappa shape index (κ3) is 6.74. The molecule has 5 rings (SSSR count). The van der Waals surface area contributed by atoms with Gasteiger partial charge in [-0.15, -0.1) is 0 Å². The number of hydrogen-bond acceptors (Lipinski definition) is 11. The topological polar surface area (TPSA) is 142 Å². The molecule has 3 N–H and O–H groups in total. The molecule has 48 heavy (non-hydrogen) atoms. The lowest BCUT2D eigenvalue weighted by atomic mass is 9.78. The second-order valence-electron chi connectivity index (χ2n) is 16.5. The molecule has 0 radical (unpaired) electrons. The van der Waals surface area contributed by atoms with Crippen molar-refractivity contribution in [2.75, 3.05) is 20.8 Å². The zero-order valence-corrected chi connectivity index (χ0v) is 31.0. The highest BCUT2D eigenvalue weighted by molar-refractivity contribution is 5.72. The number of hydrogen-bond donors (Lipinski definition) is 3. The molecule has 1 spiro atoms. The summed E-state index contributed by atoms with van der Waals surface area (Å²) in [5.41, 5.74) is -1.12. The van der Waals surface area contributed by atoms with Crippen molar-refractivity contribution in [3.05, 3.63) is 0 Å². The number of methoxy groups -OCH3 is 2. The van der Waals surface area contributed by atoms with Crippen molar-refractivity contribution in [2.24, 2.45) is 35.5 Å². The Hall–Kier alpha value is -0.890. The maximum absolute atomic E-state index is 12.4. The van der Waals surface area contributed by atoms with Crippen LogP contribution in [-0.2, 0) is 38.0 Å². The summed E-state index contributed by atoms with van der Waals surface area (Å²) >= 11 is 0. The molecule has 0 aromatic heterocycles. The molecule has 5 saturated heterocycles. The minimum absolute atomic E-state index is 0.143. The highest BCUT2D eigenvalue weighted by atomic mass is 16.7. The van der Waals surface area contributed by atoms with Crippen molar-refractivity contribution >= 4 is 5.97 Å². The first-order valence-electron chi connectivity index (χ1n) is 18.5. The molecule has 5 aliphatic rings. The predicted octanol–water partition coefficient (Wildman–Crippen LogP) is 4.36. The molecular formula is C37H64O11. The van der Waals surface area contributed by atoms with Gasteiger partial charge in [-0.1, -0.05) is 41.5 Å². The van der Waals surface area contributed by atoms with Gasteiger partial charge < -0.3 is 48.5 Å². The van der Waals surface area contributed by atoms with Gasteiger partial charge in [-0.3, -0.25) is 4.79 Å². The standard InChI is InChI=1S/C37H64O11/c1-11-35(32-21(3)17-27(44-32)29-20(2)16-22(4)37(41,19-38)47-29)13-12-28(45-35)34(8)14-15-36(48-34)18-26(39)23(5)31(46-36)24(6)30(42-9)25(7)33(40)43-10/h20-32,38-39,41H,11-19H2,1-10H3/t20-,21-,22+,23+,24-,25-,26-,27+,28+,29-,30+,31-,32+,34-,35-,36+,37-/m0/s1. The fourth-order valence-corrected chi connectivity index (χ4v) is 10.1. The van der Waals surface area contributed by atoms with Crippen LogP contribution >= 0.6 is 0 Å². The summed E-state index contributed by atoms with van der Waals surface area (Å²) in [5, 5.41) is 32.3. The Bertz CT molecular complexity index is 1120. The number of aliphatic hydroxyl groups is 3. The zero-order valence-electron chi connectivity index (χ0n) is 31.0. The van der Waals surface area contributed by atoms with E-state index in [2.05, 4.69) is 27.7 Å². The Morgan fingerprint density at radius 3 is 2.33 bits per heavy atom. The second kappa shape index (κ2) is 14.3. The first kappa shape index (κ1) is 38.3. The smallest absolute Gasteiger partial charge is 0.311 e. The van der Waals surface area contributed by atoms with Crippen LogP contribution in [0.5, 0.6) is 0 Å². The summed E-state index contributed by atoms with van der Waals surface area (Å²) in [4.78, 5) is 12.4. The van der Waals surface area contributed by atoms with E-state index in [0.717, 1.165) is 38.5 Å². The Labute approximate surface area is 287 Å². The highest BCUT2D eigenvalue weighted by Gasteiger charge is 2.62. The quantitative estimate of drug-likeness (QED) is 0.283. The molecule has 0 saturated carbocycles. The van der Waals surface area contributed by atoms with Crippen molar-refractivity contribution < 1.29 is 53.3 Å². The summed E-state index contributed by atoms with van der Waals surface area (Å²) in [6.07, 6.45) is 3.37. The van der Waals surface area contributed by atoms with Crippen molar-refractivity contribution in [3.63, 3.8) is 0 Å². The molecule has 11 heteroatoms. The van der Waals surface area contributed by atoms with Crippen LogP contribution in [0.1, 0.15) is 107 Å². The molecule has 17 atom stereocenters. The van der Waals surface area contributed by atoms with Crippen LogP contribution in [0.4, 0.5) is 0 Å². The van der Waals surface area contributed by atoms with Crippen molar-refractivity contribution in [2.45, 2.75) is 172 Å². The van der Waals surface area contributed by atoms with Crippen LogP contribution in [0.3, 0.4) is 0 Å². The van der Waals surface area contributed by atoms with Gasteiger partial charge in [-0.05, 0) is 64.2 Å². The Morgan fingerprint density at radius 1 is 1.00 bits per heavy atom. The third-order valence-corrected chi connectivity index (χ3v) is 13.2. The largest absolute Gasteiger partial charge is 0.469 e. The van der Waals surface area contributed by atoms with E-state index in [1.807, 2.05) is 20.8 Å². The van der Waals surface area contributed by atoms with Crippen molar-refractivity contribution in [3.8, 4) is 0 Å². The normalized spacial score (nSPS) is 50.0. The predicted molar refractivity (Wildman–Crippen MR) is 177 cm³/mol. The van der Waals surface area contributed by atoms with Crippen LogP contribution < -0.4 is 0 Å². The molecule has 0 aromatic carbocycles. The molecule has 278 valence electrons. The number of esters is 1. The van der Waals surface area contributed by atoms with Crippen molar-refractivity contribution in [1.82, 2.24) is 0 Å². The Kier molecular flexibility index (Phi) is 11.4. The van der Waals surface area contributed by atoms with Gasteiger partial charge in [-0.2, -0.15) is 0 Å². The van der Waals surface area contributed by atoms with E-state index in [-0.39, 0.29) is 60.0 Å². The fourth-order valence-electron chi connectivity index (χ4n) is 10.1. The summed E-state index contributed by atoms with van der Waals surface area (Å²) in [5.74, 6) is -3.52. The third-order valence-electron chi connectivity index (χ3n) is 13.2. The second-order valence-corrected chi connectivity index (χ2v) is 16.5. The number of carbonyl (C=O) groups excluding carboxylic acids is 1. The summed E-state index contributed by atoms with van der Waals surface area (Å²) in [7, 11) is 2.97. The van der Waals surface area contributed by atoms with E-state index >= 15 is 0 Å². The molecule has 5 fully saturated rings. The van der Waals surface area contributed by atoms with E-state index in [0.29, 0.717) is 12.8 Å². The average Bonchev–Trinajstić information content (AvgIpc) is 3.77. The fraction of sp³-hybridized carbons (Fsp3) is 0.973. The summed E-state index contributed by atoms with van der Waals surface area (Å²) < 4.78 is 44.7. The van der Waals surface area contributed by atoms with E-state index in [4.69, 9.17) is 33.2 Å². The van der Waals surface area contributed by atoms with Gasteiger partial charge in [0.25, 0.3) is 0 Å². The zero-order chi connectivity index (χ0) is 35.4. The Balaban J connectivity index is 1.28. The van der Waals surface area contributed by atoms with Gasteiger partial charge in [0.05, 0.1) is 73.6 Å². The van der Waals surface area contributed by atoms with Crippen LogP contribution in [0.2, 0.25) is 0 Å². The van der Waals surface area contributed by atoms with Crippen LogP contribution in [-0.4, -0.2) is 108 Å². The van der Waals surface area contributed by atoms with Gasteiger partial charge in [0.1, 0.15) is 0 Å². The lowest BCUT2D eigenvalue weighted by Gasteiger charge is -2.49. The summed E-state index contributed by atoms with van der Waals surface area (Å²) in [6, 6.07) is 0. The molecule has 5 aliphatic heterocycles. The molecule has 11 nitrogen and oxygen atoms in total. The number of carbonyl (C=O) groups is 1. The SMILES string of the molecule is CC[C@@]1([C@@H]2O[C@@H]([C@H]3O[C@@](O)(CO)[C@H](C)C[C@@H]3C)C[C@@H]2C)CC[C@H]([C@]2(C)CC[C@]3(C[C@H](O)[C@@H](C)[C@@H]([C@@H](C)[C@@H](OC)[C@H](C)C(=O)OC)O3)O2)O1. The van der Waals surface area contributed by atoms with Crippen LogP contribution in [0.25, 0.3) is 0 Å². The Morgan fingerprint density at radius 2 is 1.71 bits per heavy atom. The molecule has 0 bridgehead atoms. The highest BCUT2D eigenvalue weighted by Crippen LogP contribution is 2.55. The molecule has 0 aliphatic carbocycles. The number of ether oxygens (including phenoxy) is 7. The lowest BCUT2D eigenvalue weighted by Crippen LogP contribution is -2.57. The first-order valence-corrected chi connectivity index (χ1v) is 18.5. The van der Waals surface area contributed by atoms with Crippen LogP contribution in [0.15, 0.2) is 0 Å². The number of aliphatic hydroxyl groups excluding tert-OH is 2. The minimum atomic E-state index is -1.56. The van der Waals surface area contributed by atoms with E-state index in [1.165, 1.54) is 7.11 Å². The van der Waals surface area contributed by atoms with Gasteiger partial charge in [0, 0.05) is 37.7 Å². The van der Waals surface area contributed by atoms with Crippen LogP contribution in [0, 0.1) is 35.5 Å². The maximum Gasteiger partial charge on any atom is 0.311 e. The summed E-state index contributed by atoms with van der Waals surface area (Å²) in [6.45, 7) is 15.9. The van der Waals surface area contributed by atoms with Crippen molar-refractivity contribution in [1.29, 1.82) is 0 Å². The first-order chi connectivity index (χ1) is 22.5. The molecular weight excluding hydrogens is 620 g/mol. The molecule has 5 heterocycles. The van der Waals surface area contributed by atoms with Gasteiger partial charge >= 0.3 is 5.97 Å². The van der Waals surface area contributed by atoms with Gasteiger partial charge in [-0.25, -0.2) is 0 Å². The van der Waals surface area contributed by atoms with E-state index < -0.39 is 53.6 Å². The van der Waals surface area contributed by atoms with Gasteiger partial charge in [0.2, 0.25) is 0 Å². The number of rotatable bonds is 10. The minimum Gasteiger partial charge on any atom is -0.469 e. The molecule has 0 unspecified atom stereocenters. The average molecular weight is 685 g/mol. The van der Waals surface area contributed by atoms with E-state index in [1.54, 1.807) is 14.0 Å². The maximum atomic E-state index is 12.4. The van der Waals surface area contributed by atoms with E-state index in [9.17, 15) is 20.1 Å². The lowest BCUT2D eigenvalue weighted by molar-refractivity contribution is -0.336. The van der Waals surface area contributed by atoms with Gasteiger partial charge in [0.15, 0.2) is 11.6 Å².